The fourth-order valence-corrected chi connectivity index (χ4v) is 2.05. The highest BCUT2D eigenvalue weighted by Crippen LogP contribution is 2.22. The van der Waals surface area contributed by atoms with Gasteiger partial charge in [-0.05, 0) is 32.1 Å². The maximum atomic E-state index is 11.7. The van der Waals surface area contributed by atoms with Crippen LogP contribution >= 0.6 is 0 Å². The minimum absolute atomic E-state index is 0.0177. The van der Waals surface area contributed by atoms with E-state index in [1.807, 2.05) is 6.92 Å². The van der Waals surface area contributed by atoms with Crippen LogP contribution in [0.2, 0.25) is 0 Å². The molecule has 1 atom stereocenters. The summed E-state index contributed by atoms with van der Waals surface area (Å²) in [5, 5.41) is 8.66. The third-order valence-corrected chi connectivity index (χ3v) is 3.08. The van der Waals surface area contributed by atoms with Crippen LogP contribution in [0.4, 0.5) is 0 Å². The zero-order chi connectivity index (χ0) is 12.0. The molecular weight excluding hydrogens is 208 g/mol. The molecule has 0 radical (unpaired) electrons. The number of carboxylic acid groups (broad SMARTS) is 1. The zero-order valence-corrected chi connectivity index (χ0v) is 9.78. The average Bonchev–Trinajstić information content (AvgIpc) is 2.26. The molecule has 1 rings (SSSR count). The van der Waals surface area contributed by atoms with E-state index in [1.165, 1.54) is 6.42 Å². The topological polar surface area (TPSA) is 63.6 Å². The van der Waals surface area contributed by atoms with Crippen LogP contribution in [0.5, 0.6) is 0 Å². The van der Waals surface area contributed by atoms with Crippen molar-refractivity contribution in [2.45, 2.75) is 58.0 Å². The van der Waals surface area contributed by atoms with Crippen molar-refractivity contribution in [3.05, 3.63) is 0 Å². The predicted molar refractivity (Wildman–Crippen MR) is 59.0 cm³/mol. The van der Waals surface area contributed by atoms with E-state index in [0.29, 0.717) is 6.42 Å². The van der Waals surface area contributed by atoms with Gasteiger partial charge in [-0.15, -0.1) is 0 Å². The number of hydrogen-bond donors (Lipinski definition) is 1. The van der Waals surface area contributed by atoms with Crippen molar-refractivity contribution in [2.75, 3.05) is 0 Å². The number of rotatable bonds is 5. The van der Waals surface area contributed by atoms with Crippen molar-refractivity contribution in [3.8, 4) is 0 Å². The lowest BCUT2D eigenvalue weighted by Gasteiger charge is -2.23. The number of carboxylic acids is 1. The van der Waals surface area contributed by atoms with Crippen LogP contribution in [-0.4, -0.2) is 23.1 Å². The molecule has 1 N–H and O–H groups in total. The van der Waals surface area contributed by atoms with Crippen molar-refractivity contribution in [1.82, 2.24) is 0 Å². The summed E-state index contributed by atoms with van der Waals surface area (Å²) >= 11 is 0. The second-order valence-electron chi connectivity index (χ2n) is 4.40. The molecule has 92 valence electrons. The molecule has 1 fully saturated rings. The Morgan fingerprint density at radius 3 is 2.44 bits per heavy atom. The van der Waals surface area contributed by atoms with Crippen molar-refractivity contribution < 1.29 is 19.4 Å². The highest BCUT2D eigenvalue weighted by Gasteiger charge is 2.25. The summed E-state index contributed by atoms with van der Waals surface area (Å²) in [5.41, 5.74) is 0. The van der Waals surface area contributed by atoms with E-state index in [1.54, 1.807) is 0 Å². The number of esters is 1. The van der Waals surface area contributed by atoms with E-state index in [2.05, 4.69) is 0 Å². The first-order valence-corrected chi connectivity index (χ1v) is 6.05. The van der Waals surface area contributed by atoms with E-state index in [-0.39, 0.29) is 18.5 Å². The number of hydrogen-bond acceptors (Lipinski definition) is 3. The largest absolute Gasteiger partial charge is 0.481 e. The molecule has 4 nitrogen and oxygen atoms in total. The lowest BCUT2D eigenvalue weighted by atomic mass is 9.97. The van der Waals surface area contributed by atoms with Gasteiger partial charge in [0.25, 0.3) is 0 Å². The van der Waals surface area contributed by atoms with Gasteiger partial charge in [0, 0.05) is 0 Å². The van der Waals surface area contributed by atoms with Crippen LogP contribution in [0.1, 0.15) is 51.9 Å². The zero-order valence-electron chi connectivity index (χ0n) is 9.78. The minimum Gasteiger partial charge on any atom is -0.481 e. The maximum absolute atomic E-state index is 11.7. The van der Waals surface area contributed by atoms with Gasteiger partial charge in [0.05, 0.1) is 12.3 Å². The van der Waals surface area contributed by atoms with Crippen molar-refractivity contribution in [2.24, 2.45) is 5.92 Å². The Labute approximate surface area is 96.0 Å². The Hall–Kier alpha value is -1.06. The highest BCUT2D eigenvalue weighted by atomic mass is 16.5. The summed E-state index contributed by atoms with van der Waals surface area (Å²) in [6.07, 6.45) is 5.69. The first-order chi connectivity index (χ1) is 7.63. The molecule has 1 aliphatic rings. The van der Waals surface area contributed by atoms with Gasteiger partial charge in [-0.1, -0.05) is 13.3 Å². The molecular formula is C12H20O4. The van der Waals surface area contributed by atoms with Gasteiger partial charge < -0.3 is 9.84 Å². The number of ether oxygens (including phenoxy) is 1. The fourth-order valence-electron chi connectivity index (χ4n) is 2.05. The number of carbonyl (C=O) groups excluding carboxylic acids is 1. The Morgan fingerprint density at radius 2 is 1.94 bits per heavy atom. The van der Waals surface area contributed by atoms with Crippen LogP contribution in [0.15, 0.2) is 0 Å². The van der Waals surface area contributed by atoms with E-state index in [9.17, 15) is 9.59 Å². The SMILES string of the molecule is CCC(CC(=O)O)C(=O)OC1CCCCC1. The third kappa shape index (κ3) is 4.21. The van der Waals surface area contributed by atoms with Crippen molar-refractivity contribution >= 4 is 11.9 Å². The van der Waals surface area contributed by atoms with Gasteiger partial charge in [0.2, 0.25) is 0 Å². The van der Waals surface area contributed by atoms with Crippen molar-refractivity contribution in [3.63, 3.8) is 0 Å². The minimum atomic E-state index is -0.938. The van der Waals surface area contributed by atoms with Gasteiger partial charge in [0.1, 0.15) is 6.10 Å². The number of aliphatic carboxylic acids is 1. The van der Waals surface area contributed by atoms with Gasteiger partial charge in [0.15, 0.2) is 0 Å². The molecule has 0 aromatic rings. The molecule has 1 saturated carbocycles. The van der Waals surface area contributed by atoms with E-state index in [4.69, 9.17) is 9.84 Å². The molecule has 0 amide bonds. The number of carbonyl (C=O) groups is 2. The first-order valence-electron chi connectivity index (χ1n) is 6.05. The van der Waals surface area contributed by atoms with Crippen LogP contribution in [-0.2, 0) is 14.3 Å². The van der Waals surface area contributed by atoms with E-state index in [0.717, 1.165) is 25.7 Å². The molecule has 0 heterocycles. The second kappa shape index (κ2) is 6.51. The Morgan fingerprint density at radius 1 is 1.31 bits per heavy atom. The van der Waals surface area contributed by atoms with E-state index >= 15 is 0 Å². The van der Waals surface area contributed by atoms with E-state index < -0.39 is 11.9 Å². The lowest BCUT2D eigenvalue weighted by Crippen LogP contribution is -2.27. The molecule has 0 aliphatic heterocycles. The van der Waals surface area contributed by atoms with Crippen molar-refractivity contribution in [1.29, 1.82) is 0 Å². The van der Waals surface area contributed by atoms with Crippen LogP contribution in [0.3, 0.4) is 0 Å². The average molecular weight is 228 g/mol. The van der Waals surface area contributed by atoms with Gasteiger partial charge >= 0.3 is 11.9 Å². The van der Waals surface area contributed by atoms with Crippen LogP contribution in [0, 0.1) is 5.92 Å². The molecule has 1 aliphatic carbocycles. The molecule has 16 heavy (non-hydrogen) atoms. The third-order valence-electron chi connectivity index (χ3n) is 3.08. The summed E-state index contributed by atoms with van der Waals surface area (Å²) in [6.45, 7) is 1.82. The summed E-state index contributed by atoms with van der Waals surface area (Å²) in [7, 11) is 0. The monoisotopic (exact) mass is 228 g/mol. The smallest absolute Gasteiger partial charge is 0.309 e. The Bertz CT molecular complexity index is 243. The normalized spacial score (nSPS) is 19.1. The lowest BCUT2D eigenvalue weighted by molar-refractivity contribution is -0.159. The fraction of sp³-hybridized carbons (Fsp3) is 0.833. The Balaban J connectivity index is 2.38. The summed E-state index contributed by atoms with van der Waals surface area (Å²) < 4.78 is 5.34. The second-order valence-corrected chi connectivity index (χ2v) is 4.40. The summed E-state index contributed by atoms with van der Waals surface area (Å²) in [6, 6.07) is 0. The molecule has 1 unspecified atom stereocenters. The Kier molecular flexibility index (Phi) is 5.29. The maximum Gasteiger partial charge on any atom is 0.309 e. The van der Waals surface area contributed by atoms with Gasteiger partial charge in [-0.2, -0.15) is 0 Å². The molecule has 0 bridgehead atoms. The molecule has 0 saturated heterocycles. The van der Waals surface area contributed by atoms with Crippen LogP contribution < -0.4 is 0 Å². The van der Waals surface area contributed by atoms with Gasteiger partial charge in [-0.25, -0.2) is 0 Å². The highest BCUT2D eigenvalue weighted by molar-refractivity contribution is 5.79. The molecule has 0 aromatic heterocycles. The first kappa shape index (κ1) is 13.0. The molecule has 4 heteroatoms. The predicted octanol–water partition coefficient (Wildman–Crippen LogP) is 2.36. The molecule has 0 spiro atoms. The standard InChI is InChI=1S/C12H20O4/c1-2-9(8-11(13)14)12(15)16-10-6-4-3-5-7-10/h9-10H,2-8H2,1H3,(H,13,14). The summed E-state index contributed by atoms with van der Waals surface area (Å²) in [5.74, 6) is -1.76. The van der Waals surface area contributed by atoms with Crippen LogP contribution in [0.25, 0.3) is 0 Å². The molecule has 0 aromatic carbocycles. The van der Waals surface area contributed by atoms with Gasteiger partial charge in [-0.3, -0.25) is 9.59 Å². The quantitative estimate of drug-likeness (QED) is 0.734. The summed E-state index contributed by atoms with van der Waals surface area (Å²) in [4.78, 5) is 22.2.